The topological polar surface area (TPSA) is 517 Å². The number of benzene rings is 4. The summed E-state index contributed by atoms with van der Waals surface area (Å²) in [5.74, 6) is -16.0. The SMILES string of the molecule is CCOCCC(=O)NCC(=O)O[C@@H](C(=O)O[C@H]1C[C@@]2(O)[C@@H](OC(=O)c3ccccc3)[C@@H]3[C@]4(OC(C)=O)CO[C@@H]4C[C@H](O)[C@@]3(C)C(=O)[C@H](C)C(=C1C)C2(C)C)[C@@H](NC(=O)OC(C)(C)C)c1ccccc1.[2H]C([2H])([2H])C(OC(=O)N[C@@H](c1ccccc1)[C@@H](OC(=O)CNC(=O)CCOCC)C(=O)O[C@H]1C[C@@]2(O)[C@@H](OC(=O)c3ccccc3)[C@@H]3[C@]4(OC(C)=O)CO[C@@H]4C[C@H](O)[C@@]3(C)C(=O)[C@H](O)C(=C1C)C2(C)C)(C([2H])([2H])[2H])C([2H])([2H])[2H]. The van der Waals surface area contributed by atoms with E-state index in [1.807, 2.05) is 0 Å². The molecule has 12 rings (SSSR count). The van der Waals surface area contributed by atoms with Crippen LogP contribution in [0.3, 0.4) is 0 Å². The van der Waals surface area contributed by atoms with E-state index in [2.05, 4.69) is 21.3 Å². The highest BCUT2D eigenvalue weighted by Gasteiger charge is 2.80. The first kappa shape index (κ1) is 94.2. The molecule has 0 unspecified atom stereocenters. The quantitative estimate of drug-likeness (QED) is 0.0103. The lowest BCUT2D eigenvalue weighted by Gasteiger charge is -2.67. The Kier molecular flexibility index (Phi) is 28.9. The monoisotopic (exact) mass is 1940 g/mol. The van der Waals surface area contributed by atoms with E-state index in [0.29, 0.717) is 17.8 Å². The highest BCUT2D eigenvalue weighted by Crippen LogP contribution is 2.67. The van der Waals surface area contributed by atoms with Crippen molar-refractivity contribution in [2.75, 3.05) is 52.7 Å². The molecule has 0 radical (unpaired) electrons. The average Bonchev–Trinajstić information content (AvgIpc) is 0.671. The van der Waals surface area contributed by atoms with Crippen LogP contribution < -0.4 is 21.3 Å². The molecule has 4 saturated carbocycles. The molecule has 6 fully saturated rings. The highest BCUT2D eigenvalue weighted by molar-refractivity contribution is 5.96. The summed E-state index contributed by atoms with van der Waals surface area (Å²) in [5.41, 5.74) is -20.7. The van der Waals surface area contributed by atoms with Gasteiger partial charge in [-0.05, 0) is 141 Å². The molecule has 37 heteroatoms. The second kappa shape index (κ2) is 42.3. The summed E-state index contributed by atoms with van der Waals surface area (Å²) in [6, 6.07) is 26.6. The number of aliphatic hydroxyl groups excluding tert-OH is 3. The molecule has 4 amide bonds. The van der Waals surface area contributed by atoms with Crippen molar-refractivity contribution in [1.82, 2.24) is 21.3 Å². The summed E-state index contributed by atoms with van der Waals surface area (Å²) in [4.78, 5) is 196. The van der Waals surface area contributed by atoms with Crippen molar-refractivity contribution in [2.45, 2.75) is 283 Å². The van der Waals surface area contributed by atoms with Crippen molar-refractivity contribution < 1.29 is 171 Å². The fraction of sp³-hybridized carbons (Fsp3) is 0.584. The Labute approximate surface area is 813 Å². The summed E-state index contributed by atoms with van der Waals surface area (Å²) in [6.45, 7) is 10.3. The Bertz CT molecular complexity index is 5610. The van der Waals surface area contributed by atoms with Gasteiger partial charge in [0.25, 0.3) is 0 Å². The zero-order chi connectivity index (χ0) is 109. The van der Waals surface area contributed by atoms with Gasteiger partial charge in [-0.2, -0.15) is 0 Å². The molecule has 4 bridgehead atoms. The lowest BCUT2D eigenvalue weighted by Crippen LogP contribution is -2.81. The third-order valence-electron chi connectivity index (χ3n) is 28.0. The van der Waals surface area contributed by atoms with Crippen LogP contribution in [-0.2, 0) is 114 Å². The predicted octanol–water partition coefficient (Wildman–Crippen LogP) is 7.98. The summed E-state index contributed by atoms with van der Waals surface area (Å²) in [6.07, 6.45) is -24.1. The molecule has 4 aromatic carbocycles. The number of esters is 8. The van der Waals surface area contributed by atoms with Crippen molar-refractivity contribution >= 4 is 83.3 Å². The Hall–Kier alpha value is -11.4. The molecule has 138 heavy (non-hydrogen) atoms. The first-order chi connectivity index (χ1) is 68.4. The van der Waals surface area contributed by atoms with Crippen molar-refractivity contribution in [3.63, 3.8) is 0 Å². The van der Waals surface area contributed by atoms with E-state index < -0.39 is 289 Å². The number of carbonyl (C=O) groups excluding carboxylic acids is 14. The molecule has 9 N–H and O–H groups in total. The first-order valence-electron chi connectivity index (χ1n) is 50.1. The van der Waals surface area contributed by atoms with Gasteiger partial charge in [-0.3, -0.25) is 38.4 Å². The van der Waals surface area contributed by atoms with Gasteiger partial charge >= 0.3 is 59.9 Å². The van der Waals surface area contributed by atoms with E-state index in [-0.39, 0.29) is 85.5 Å². The molecule has 4 aromatic rings. The van der Waals surface area contributed by atoms with Crippen molar-refractivity contribution in [2.24, 2.45) is 39.4 Å². The molecule has 2 aliphatic heterocycles. The van der Waals surface area contributed by atoms with Crippen LogP contribution in [0.15, 0.2) is 144 Å². The number of hydrogen-bond donors (Lipinski definition) is 9. The number of nitrogens with one attached hydrogen (secondary N) is 4. The molecule has 2 heterocycles. The number of carbonyl (C=O) groups is 14. The maximum absolute atomic E-state index is 15.4. The van der Waals surface area contributed by atoms with Gasteiger partial charge in [0.15, 0.2) is 17.0 Å². The maximum Gasteiger partial charge on any atom is 0.408 e. The van der Waals surface area contributed by atoms with E-state index >= 15 is 19.2 Å². The minimum atomic E-state index is -4.21. The number of rotatable bonds is 30. The first-order valence-corrected chi connectivity index (χ1v) is 45.6. The third-order valence-corrected chi connectivity index (χ3v) is 28.0. The average molecular weight is 1940 g/mol. The van der Waals surface area contributed by atoms with Gasteiger partial charge in [0.1, 0.15) is 96.1 Å². The lowest BCUT2D eigenvalue weighted by molar-refractivity contribution is -0.346. The summed E-state index contributed by atoms with van der Waals surface area (Å²) < 4.78 is 154. The fourth-order valence-corrected chi connectivity index (χ4v) is 21.2. The Morgan fingerprint density at radius 3 is 1.21 bits per heavy atom. The van der Waals surface area contributed by atoms with Crippen LogP contribution in [-0.4, -0.2) is 262 Å². The fourth-order valence-electron chi connectivity index (χ4n) is 21.2. The van der Waals surface area contributed by atoms with Crippen LogP contribution >= 0.6 is 0 Å². The van der Waals surface area contributed by atoms with Gasteiger partial charge in [0.05, 0.1) is 72.4 Å². The van der Waals surface area contributed by atoms with E-state index in [0.717, 1.165) is 6.92 Å². The molecule has 6 aliphatic carbocycles. The zero-order valence-electron chi connectivity index (χ0n) is 88.9. The predicted molar refractivity (Wildman–Crippen MR) is 486 cm³/mol. The number of fused-ring (bicyclic) bond motifs is 10. The molecule has 8 aliphatic rings. The van der Waals surface area contributed by atoms with E-state index in [1.165, 1.54) is 108 Å². The minimum absolute atomic E-state index is 0.0512. The molecule has 0 aromatic heterocycles. The van der Waals surface area contributed by atoms with Crippen LogP contribution in [0.5, 0.6) is 0 Å². The lowest BCUT2D eigenvalue weighted by atomic mass is 9.43. The van der Waals surface area contributed by atoms with Gasteiger partial charge in [-0.1, -0.05) is 132 Å². The highest BCUT2D eigenvalue weighted by atomic mass is 16.7. The Morgan fingerprint density at radius 2 is 0.862 bits per heavy atom. The van der Waals surface area contributed by atoms with E-state index in [9.17, 15) is 73.5 Å². The third kappa shape index (κ3) is 21.6. The van der Waals surface area contributed by atoms with E-state index in [4.69, 9.17) is 78.7 Å². The number of ether oxygens (including phenoxy) is 14. The minimum Gasteiger partial charge on any atom is -0.455 e. The molecular formula is C101H130N4O33. The van der Waals surface area contributed by atoms with E-state index in [1.54, 1.807) is 117 Å². The number of ketones is 2. The number of amides is 4. The number of hydrogen-bond acceptors (Lipinski definition) is 33. The Balaban J connectivity index is 0.000000282. The van der Waals surface area contributed by atoms with Gasteiger partial charge in [0, 0.05) is 94.7 Å². The van der Waals surface area contributed by atoms with Gasteiger partial charge in [0.2, 0.25) is 24.0 Å². The molecular weight excluding hydrogens is 1800 g/mol. The molecule has 22 atom stereocenters. The second-order valence-corrected chi connectivity index (χ2v) is 38.4. The van der Waals surface area contributed by atoms with Crippen molar-refractivity contribution in [3.8, 4) is 0 Å². The van der Waals surface area contributed by atoms with Gasteiger partial charge < -0.3 is 113 Å². The summed E-state index contributed by atoms with van der Waals surface area (Å²) >= 11 is 0. The number of aliphatic hydroxyl groups is 5. The van der Waals surface area contributed by atoms with Crippen LogP contribution in [0.25, 0.3) is 0 Å². The molecule has 752 valence electrons. The van der Waals surface area contributed by atoms with Crippen molar-refractivity contribution in [1.29, 1.82) is 0 Å². The standard InChI is InChI=1S/C51H66N2O16.C50H64N2O17/c1-11-63-23-22-36(56)52-26-37(57)66-40(39(31-18-14-12-15-19-31)53-46(61)69-47(5,6)7)45(60)65-33-25-51(62)43(67-44(59)32-20-16-13-17-21-32)41-49(10,42(58)29(3)38(28(33)2)48(51,8)9)34(55)24-35-50(41,27-64-35)68-30(4)54;1-10-63-22-21-34(55)51-25-35(56)66-39(37(29-17-13-11-14-18-29)52-45(61)69-46(4,5)6)44(60)65-31-24-50(62)42(67-43(59)30-19-15-12-16-20-30)40-48(9,41(58)38(57)36(27(31)2)47(50,7)8)32(54)23-33-49(40,26-64-33)68-28(3)53/h12-21,29,33-35,39-41,43,55,62H,11,22-27H2,1-10H3,(H,52,56)(H,53,61);11-20,31-33,37-40,42,54,57,62H,10,21-26H2,1-9H3,(H,51,55)(H,52,61)/t29-,33+,34+,35-,39+,40-,41+,43+,49-,50+,51-;31-,32-,33+,37-,38+,39+,40-,42-,48+,49-,50+/m10/s1/i;4D3,5D3,6D3. The Morgan fingerprint density at radius 1 is 0.507 bits per heavy atom. The largest absolute Gasteiger partial charge is 0.455 e. The maximum atomic E-state index is 15.4. The van der Waals surface area contributed by atoms with Crippen LogP contribution in [0.2, 0.25) is 0 Å². The molecule has 0 spiro atoms. The number of alkyl carbamates (subject to hydrolysis) is 2. The summed E-state index contributed by atoms with van der Waals surface area (Å²) in [7, 11) is 0. The van der Waals surface area contributed by atoms with Crippen LogP contribution in [0.1, 0.15) is 226 Å². The molecule has 37 nitrogen and oxygen atoms in total. The van der Waals surface area contributed by atoms with Gasteiger partial charge in [-0.15, -0.1) is 0 Å². The second-order valence-electron chi connectivity index (χ2n) is 38.4. The van der Waals surface area contributed by atoms with Crippen molar-refractivity contribution in [3.05, 3.63) is 166 Å². The van der Waals surface area contributed by atoms with Gasteiger partial charge in [-0.25, -0.2) is 28.8 Å². The number of Topliss-reactive ketones (excluding diaryl/α,β-unsaturated/α-hetero) is 2. The van der Waals surface area contributed by atoms with Crippen LogP contribution in [0, 0.1) is 39.4 Å². The smallest absolute Gasteiger partial charge is 0.408 e. The van der Waals surface area contributed by atoms with Crippen LogP contribution in [0.4, 0.5) is 9.59 Å². The zero-order valence-corrected chi connectivity index (χ0v) is 79.9. The summed E-state index contributed by atoms with van der Waals surface area (Å²) in [5, 5.41) is 73.6. The normalized spacial score (nSPS) is 31.2. The molecule has 2 saturated heterocycles.